The molecule has 0 aliphatic heterocycles. The molecule has 7 nitrogen and oxygen atoms in total. The number of amides is 1. The Hall–Kier alpha value is -3.36. The Labute approximate surface area is 162 Å². The van der Waals surface area contributed by atoms with Crippen molar-refractivity contribution in [3.8, 4) is 22.6 Å². The number of primary sulfonamides is 1. The van der Waals surface area contributed by atoms with E-state index in [0.717, 1.165) is 11.1 Å². The van der Waals surface area contributed by atoms with E-state index in [-0.39, 0.29) is 4.90 Å². The molecule has 0 radical (unpaired) electrons. The van der Waals surface area contributed by atoms with E-state index in [1.807, 2.05) is 0 Å². The second kappa shape index (κ2) is 8.12. The van der Waals surface area contributed by atoms with Crippen molar-refractivity contribution in [3.05, 3.63) is 72.8 Å². The zero-order valence-electron chi connectivity index (χ0n) is 15.0. The number of nitrogens with one attached hydrogen (secondary N) is 1. The standard InChI is InChI=1S/C20H18N2O5S/c1-26-17-10-6-16(7-11-17)22-20(23)27-18-8-2-14(3-9-18)15-4-12-19(13-5-15)28(21,24)25/h2-13H,1H3,(H,22,23)(H2,21,24,25). The fourth-order valence-corrected chi connectivity index (χ4v) is 2.99. The molecule has 28 heavy (non-hydrogen) atoms. The monoisotopic (exact) mass is 398 g/mol. The zero-order valence-corrected chi connectivity index (χ0v) is 15.8. The third kappa shape index (κ3) is 4.87. The van der Waals surface area contributed by atoms with Crippen LogP contribution in [-0.4, -0.2) is 21.6 Å². The van der Waals surface area contributed by atoms with Crippen LogP contribution in [0.3, 0.4) is 0 Å². The summed E-state index contributed by atoms with van der Waals surface area (Å²) >= 11 is 0. The number of hydrogen-bond donors (Lipinski definition) is 2. The molecule has 8 heteroatoms. The highest BCUT2D eigenvalue weighted by Gasteiger charge is 2.09. The molecule has 0 atom stereocenters. The Morgan fingerprint density at radius 2 is 1.32 bits per heavy atom. The number of carbonyl (C=O) groups excluding carboxylic acids is 1. The predicted molar refractivity (Wildman–Crippen MR) is 106 cm³/mol. The molecule has 3 rings (SSSR count). The number of anilines is 1. The molecular weight excluding hydrogens is 380 g/mol. The number of hydrogen-bond acceptors (Lipinski definition) is 5. The molecule has 3 N–H and O–H groups in total. The Bertz CT molecular complexity index is 1060. The maximum Gasteiger partial charge on any atom is 0.417 e. The molecular formula is C20H18N2O5S. The van der Waals surface area contributed by atoms with E-state index in [0.29, 0.717) is 17.2 Å². The first-order chi connectivity index (χ1) is 13.3. The van der Waals surface area contributed by atoms with Crippen LogP contribution in [0.5, 0.6) is 11.5 Å². The lowest BCUT2D eigenvalue weighted by atomic mass is 10.1. The van der Waals surface area contributed by atoms with Gasteiger partial charge in [0, 0.05) is 5.69 Å². The van der Waals surface area contributed by atoms with Crippen molar-refractivity contribution in [2.75, 3.05) is 12.4 Å². The van der Waals surface area contributed by atoms with Gasteiger partial charge in [-0.1, -0.05) is 24.3 Å². The normalized spacial score (nSPS) is 10.9. The van der Waals surface area contributed by atoms with Crippen LogP contribution >= 0.6 is 0 Å². The van der Waals surface area contributed by atoms with Crippen molar-refractivity contribution in [3.63, 3.8) is 0 Å². The molecule has 1 amide bonds. The van der Waals surface area contributed by atoms with Crippen LogP contribution in [-0.2, 0) is 10.0 Å². The lowest BCUT2D eigenvalue weighted by molar-refractivity contribution is 0.215. The van der Waals surface area contributed by atoms with Crippen LogP contribution < -0.4 is 19.9 Å². The molecule has 0 bridgehead atoms. The maximum absolute atomic E-state index is 12.0. The van der Waals surface area contributed by atoms with E-state index in [1.54, 1.807) is 67.8 Å². The molecule has 0 spiro atoms. The van der Waals surface area contributed by atoms with E-state index in [9.17, 15) is 13.2 Å². The van der Waals surface area contributed by atoms with Crippen molar-refractivity contribution in [1.82, 2.24) is 0 Å². The van der Waals surface area contributed by atoms with Gasteiger partial charge in [-0.05, 0) is 59.7 Å². The summed E-state index contributed by atoms with van der Waals surface area (Å²) < 4.78 is 32.9. The van der Waals surface area contributed by atoms with Crippen molar-refractivity contribution >= 4 is 21.8 Å². The number of rotatable bonds is 5. The number of nitrogens with two attached hydrogens (primary N) is 1. The Morgan fingerprint density at radius 1 is 0.821 bits per heavy atom. The highest BCUT2D eigenvalue weighted by Crippen LogP contribution is 2.24. The molecule has 0 heterocycles. The van der Waals surface area contributed by atoms with Crippen LogP contribution in [0.1, 0.15) is 0 Å². The Morgan fingerprint density at radius 3 is 1.82 bits per heavy atom. The van der Waals surface area contributed by atoms with Gasteiger partial charge in [-0.3, -0.25) is 5.32 Å². The average molecular weight is 398 g/mol. The van der Waals surface area contributed by atoms with Gasteiger partial charge in [0.15, 0.2) is 0 Å². The summed E-state index contributed by atoms with van der Waals surface area (Å²) in [5, 5.41) is 7.72. The van der Waals surface area contributed by atoms with Gasteiger partial charge in [-0.25, -0.2) is 18.4 Å². The van der Waals surface area contributed by atoms with E-state index < -0.39 is 16.1 Å². The first-order valence-electron chi connectivity index (χ1n) is 8.21. The molecule has 3 aromatic rings. The van der Waals surface area contributed by atoms with Crippen LogP contribution in [0.4, 0.5) is 10.5 Å². The fraction of sp³-hybridized carbons (Fsp3) is 0.0500. The summed E-state index contributed by atoms with van der Waals surface area (Å²) in [5.74, 6) is 1.06. The van der Waals surface area contributed by atoms with E-state index in [1.165, 1.54) is 12.1 Å². The lowest BCUT2D eigenvalue weighted by Gasteiger charge is -2.08. The molecule has 0 saturated heterocycles. The van der Waals surface area contributed by atoms with Gasteiger partial charge < -0.3 is 9.47 Å². The van der Waals surface area contributed by atoms with E-state index >= 15 is 0 Å². The zero-order chi connectivity index (χ0) is 20.1. The second-order valence-electron chi connectivity index (χ2n) is 5.84. The molecule has 0 aromatic heterocycles. The van der Waals surface area contributed by atoms with Crippen LogP contribution in [0, 0.1) is 0 Å². The van der Waals surface area contributed by atoms with E-state index in [4.69, 9.17) is 14.6 Å². The second-order valence-corrected chi connectivity index (χ2v) is 7.40. The SMILES string of the molecule is COc1ccc(NC(=O)Oc2ccc(-c3ccc(S(N)(=O)=O)cc3)cc2)cc1. The van der Waals surface area contributed by atoms with Crippen molar-refractivity contribution in [2.45, 2.75) is 4.90 Å². The van der Waals surface area contributed by atoms with Crippen LogP contribution in [0.15, 0.2) is 77.7 Å². The Kier molecular flexibility index (Phi) is 5.62. The minimum absolute atomic E-state index is 0.0476. The summed E-state index contributed by atoms with van der Waals surface area (Å²) in [6.07, 6.45) is -0.615. The number of ether oxygens (including phenoxy) is 2. The van der Waals surface area contributed by atoms with Gasteiger partial charge in [0.2, 0.25) is 10.0 Å². The predicted octanol–water partition coefficient (Wildman–Crippen LogP) is 3.62. The number of benzene rings is 3. The third-order valence-electron chi connectivity index (χ3n) is 3.92. The first kappa shape index (κ1) is 19.4. The minimum Gasteiger partial charge on any atom is -0.497 e. The van der Waals surface area contributed by atoms with Crippen LogP contribution in [0.2, 0.25) is 0 Å². The van der Waals surface area contributed by atoms with Crippen molar-refractivity contribution in [1.29, 1.82) is 0 Å². The number of carbonyl (C=O) groups is 1. The van der Waals surface area contributed by atoms with Gasteiger partial charge in [-0.15, -0.1) is 0 Å². The largest absolute Gasteiger partial charge is 0.497 e. The average Bonchev–Trinajstić information content (AvgIpc) is 2.68. The highest BCUT2D eigenvalue weighted by atomic mass is 32.2. The molecule has 144 valence electrons. The first-order valence-corrected chi connectivity index (χ1v) is 9.76. The quantitative estimate of drug-likeness (QED) is 0.682. The highest BCUT2D eigenvalue weighted by molar-refractivity contribution is 7.89. The van der Waals surface area contributed by atoms with Gasteiger partial charge in [0.1, 0.15) is 11.5 Å². The summed E-state index contributed by atoms with van der Waals surface area (Å²) in [6.45, 7) is 0. The van der Waals surface area contributed by atoms with Crippen LogP contribution in [0.25, 0.3) is 11.1 Å². The van der Waals surface area contributed by atoms with Gasteiger partial charge in [0.05, 0.1) is 12.0 Å². The number of sulfonamides is 1. The summed E-state index contributed by atoms with van der Waals surface area (Å²) in [7, 11) is -2.16. The molecule has 0 unspecified atom stereocenters. The fourth-order valence-electron chi connectivity index (χ4n) is 2.48. The molecule has 0 saturated carbocycles. The van der Waals surface area contributed by atoms with Gasteiger partial charge >= 0.3 is 6.09 Å². The van der Waals surface area contributed by atoms with Crippen molar-refractivity contribution < 1.29 is 22.7 Å². The topological polar surface area (TPSA) is 108 Å². The van der Waals surface area contributed by atoms with Crippen molar-refractivity contribution in [2.24, 2.45) is 5.14 Å². The van der Waals surface area contributed by atoms with E-state index in [2.05, 4.69) is 5.32 Å². The maximum atomic E-state index is 12.0. The molecule has 0 aliphatic rings. The lowest BCUT2D eigenvalue weighted by Crippen LogP contribution is -2.16. The van der Waals surface area contributed by atoms with Gasteiger partial charge in [0.25, 0.3) is 0 Å². The minimum atomic E-state index is -3.72. The summed E-state index contributed by atoms with van der Waals surface area (Å²) in [4.78, 5) is 12.0. The molecule has 0 fully saturated rings. The summed E-state index contributed by atoms with van der Waals surface area (Å²) in [5.41, 5.74) is 2.22. The number of methoxy groups -OCH3 is 1. The molecule has 0 aliphatic carbocycles. The third-order valence-corrected chi connectivity index (χ3v) is 4.85. The van der Waals surface area contributed by atoms with Gasteiger partial charge in [-0.2, -0.15) is 0 Å². The Balaban J connectivity index is 1.64. The summed E-state index contributed by atoms with van der Waals surface area (Å²) in [6, 6.07) is 19.9. The smallest absolute Gasteiger partial charge is 0.417 e. The molecule has 3 aromatic carbocycles.